The first kappa shape index (κ1) is 15.4. The Morgan fingerprint density at radius 2 is 1.54 bits per heavy atom. The summed E-state index contributed by atoms with van der Waals surface area (Å²) in [6.45, 7) is 0. The predicted molar refractivity (Wildman–Crippen MR) is 89.1 cm³/mol. The summed E-state index contributed by atoms with van der Waals surface area (Å²) >= 11 is 0. The minimum atomic E-state index is -3.63. The van der Waals surface area contributed by atoms with Crippen LogP contribution < -0.4 is 0 Å². The van der Waals surface area contributed by atoms with Crippen LogP contribution in [-0.2, 0) is 40.3 Å². The summed E-state index contributed by atoms with van der Waals surface area (Å²) in [6.07, 6.45) is 4.41. The average molecular weight is 342 g/mol. The Balaban J connectivity index is 1.93. The second-order valence-corrected chi connectivity index (χ2v) is 8.29. The van der Waals surface area contributed by atoms with E-state index >= 15 is 0 Å². The molecule has 0 radical (unpaired) electrons. The van der Waals surface area contributed by atoms with Gasteiger partial charge in [0.25, 0.3) is 0 Å². The Hall–Kier alpha value is -2.14. The average Bonchev–Trinajstić information content (AvgIpc) is 3.01. The molecular weight excluding hydrogens is 324 g/mol. The number of rotatable bonds is 1. The molecule has 0 aromatic heterocycles. The summed E-state index contributed by atoms with van der Waals surface area (Å²) in [6, 6.07) is 8.75. The topological polar surface area (TPSA) is 60.4 Å². The van der Waals surface area contributed by atoms with Gasteiger partial charge in [-0.3, -0.25) is 0 Å². The van der Waals surface area contributed by atoms with E-state index in [1.165, 1.54) is 18.7 Å². The molecule has 0 saturated carbocycles. The molecule has 0 unspecified atom stereocenters. The number of sulfone groups is 1. The summed E-state index contributed by atoms with van der Waals surface area (Å²) in [5.41, 5.74) is 4.35. The smallest absolute Gasteiger partial charge is 0.337 e. The second kappa shape index (κ2) is 5.45. The lowest BCUT2D eigenvalue weighted by Gasteiger charge is -2.11. The molecule has 0 atom stereocenters. The lowest BCUT2D eigenvalue weighted by atomic mass is 10.00. The molecule has 124 valence electrons. The van der Waals surface area contributed by atoms with Gasteiger partial charge in [-0.2, -0.15) is 0 Å². The van der Waals surface area contributed by atoms with E-state index in [1.807, 2.05) is 6.07 Å². The maximum atomic E-state index is 13.2. The summed E-state index contributed by atoms with van der Waals surface area (Å²) in [5, 5.41) is 0. The maximum absolute atomic E-state index is 13.2. The van der Waals surface area contributed by atoms with Crippen molar-refractivity contribution in [3.63, 3.8) is 0 Å². The van der Waals surface area contributed by atoms with Gasteiger partial charge in [-0.25, -0.2) is 13.2 Å². The summed E-state index contributed by atoms with van der Waals surface area (Å²) in [4.78, 5) is 12.4. The lowest BCUT2D eigenvalue weighted by Crippen LogP contribution is -2.08. The van der Waals surface area contributed by atoms with Gasteiger partial charge in [0, 0.05) is 0 Å². The minimum Gasteiger partial charge on any atom is -0.465 e. The molecule has 2 aromatic rings. The fraction of sp³-hybridized carbons (Fsp3) is 0.316. The number of aryl methyl sites for hydroxylation is 4. The summed E-state index contributed by atoms with van der Waals surface area (Å²) < 4.78 is 31.2. The highest BCUT2D eigenvalue weighted by atomic mass is 32.2. The van der Waals surface area contributed by atoms with Crippen molar-refractivity contribution in [1.29, 1.82) is 0 Å². The number of fused-ring (bicyclic) bond motifs is 3. The van der Waals surface area contributed by atoms with Gasteiger partial charge in [0.2, 0.25) is 9.84 Å². The second-order valence-electron chi connectivity index (χ2n) is 6.40. The SMILES string of the molecule is COC(=O)c1ccc2c(c1)S(=O)(=O)c1cc3c(cc1CC2)CCC3. The molecule has 1 aliphatic carbocycles. The van der Waals surface area contributed by atoms with E-state index in [2.05, 4.69) is 6.07 Å². The van der Waals surface area contributed by atoms with Gasteiger partial charge in [0.05, 0.1) is 22.5 Å². The van der Waals surface area contributed by atoms with Crippen molar-refractivity contribution >= 4 is 15.8 Å². The molecule has 0 amide bonds. The fourth-order valence-corrected chi connectivity index (χ4v) is 5.58. The van der Waals surface area contributed by atoms with Crippen LogP contribution in [0.1, 0.15) is 39.0 Å². The number of carbonyl (C=O) groups is 1. The zero-order valence-corrected chi connectivity index (χ0v) is 14.3. The van der Waals surface area contributed by atoms with Gasteiger partial charge in [-0.1, -0.05) is 12.1 Å². The molecular formula is C19H18O4S. The zero-order valence-electron chi connectivity index (χ0n) is 13.5. The van der Waals surface area contributed by atoms with Crippen LogP contribution in [0, 0.1) is 0 Å². The third-order valence-electron chi connectivity index (χ3n) is 5.01. The molecule has 2 aromatic carbocycles. The van der Waals surface area contributed by atoms with Gasteiger partial charge in [0.1, 0.15) is 0 Å². The van der Waals surface area contributed by atoms with E-state index in [0.29, 0.717) is 17.7 Å². The first-order valence-corrected chi connectivity index (χ1v) is 9.60. The Kier molecular flexibility index (Phi) is 3.49. The van der Waals surface area contributed by atoms with Crippen molar-refractivity contribution in [3.8, 4) is 0 Å². The molecule has 0 N–H and O–H groups in total. The highest BCUT2D eigenvalue weighted by Gasteiger charge is 2.30. The van der Waals surface area contributed by atoms with Crippen LogP contribution in [-0.4, -0.2) is 21.5 Å². The van der Waals surface area contributed by atoms with Crippen LogP contribution >= 0.6 is 0 Å². The minimum absolute atomic E-state index is 0.238. The van der Waals surface area contributed by atoms with E-state index in [9.17, 15) is 13.2 Å². The Morgan fingerprint density at radius 3 is 2.29 bits per heavy atom. The van der Waals surface area contributed by atoms with Gasteiger partial charge in [0.15, 0.2) is 0 Å². The van der Waals surface area contributed by atoms with Crippen LogP contribution in [0.5, 0.6) is 0 Å². The fourth-order valence-electron chi connectivity index (χ4n) is 3.74. The highest BCUT2D eigenvalue weighted by molar-refractivity contribution is 7.91. The summed E-state index contributed by atoms with van der Waals surface area (Å²) in [5.74, 6) is -0.522. The van der Waals surface area contributed by atoms with E-state index in [0.717, 1.165) is 36.0 Å². The van der Waals surface area contributed by atoms with E-state index in [-0.39, 0.29) is 10.5 Å². The van der Waals surface area contributed by atoms with Crippen molar-refractivity contribution in [1.82, 2.24) is 0 Å². The highest BCUT2D eigenvalue weighted by Crippen LogP contribution is 2.36. The number of benzene rings is 2. The molecule has 0 fully saturated rings. The first-order valence-electron chi connectivity index (χ1n) is 8.12. The number of hydrogen-bond donors (Lipinski definition) is 0. The molecule has 0 bridgehead atoms. The third kappa shape index (κ3) is 2.26. The molecule has 24 heavy (non-hydrogen) atoms. The third-order valence-corrected chi connectivity index (χ3v) is 6.92. The lowest BCUT2D eigenvalue weighted by molar-refractivity contribution is 0.0600. The van der Waals surface area contributed by atoms with Crippen molar-refractivity contribution in [3.05, 3.63) is 58.1 Å². The molecule has 1 aliphatic heterocycles. The van der Waals surface area contributed by atoms with Crippen LogP contribution in [0.4, 0.5) is 0 Å². The number of ether oxygens (including phenoxy) is 1. The normalized spacial score (nSPS) is 17.4. The van der Waals surface area contributed by atoms with Crippen molar-refractivity contribution in [2.24, 2.45) is 0 Å². The van der Waals surface area contributed by atoms with Gasteiger partial charge >= 0.3 is 5.97 Å². The van der Waals surface area contributed by atoms with Crippen LogP contribution in [0.3, 0.4) is 0 Å². The largest absolute Gasteiger partial charge is 0.465 e. The van der Waals surface area contributed by atoms with Crippen LogP contribution in [0.15, 0.2) is 40.1 Å². The Morgan fingerprint density at radius 1 is 0.875 bits per heavy atom. The van der Waals surface area contributed by atoms with E-state index in [4.69, 9.17) is 4.74 Å². The number of hydrogen-bond acceptors (Lipinski definition) is 4. The molecule has 5 heteroatoms. The van der Waals surface area contributed by atoms with Crippen molar-refractivity contribution < 1.29 is 17.9 Å². The number of methoxy groups -OCH3 is 1. The van der Waals surface area contributed by atoms with Gasteiger partial charge in [-0.05, 0) is 72.6 Å². The molecule has 0 saturated heterocycles. The van der Waals surface area contributed by atoms with Crippen LogP contribution in [0.2, 0.25) is 0 Å². The van der Waals surface area contributed by atoms with E-state index in [1.54, 1.807) is 12.1 Å². The van der Waals surface area contributed by atoms with Gasteiger partial charge in [-0.15, -0.1) is 0 Å². The Labute approximate surface area is 141 Å². The molecule has 0 spiro atoms. The molecule has 1 heterocycles. The molecule has 2 aliphatic rings. The maximum Gasteiger partial charge on any atom is 0.337 e. The predicted octanol–water partition coefficient (Wildman–Crippen LogP) is 2.89. The Bertz CT molecular complexity index is 958. The van der Waals surface area contributed by atoms with Crippen LogP contribution in [0.25, 0.3) is 0 Å². The zero-order chi connectivity index (χ0) is 16.9. The standard InChI is InChI=1S/C19H18O4S/c1-23-19(20)16-8-6-12-5-7-15-9-13-3-2-4-14(13)10-18(15)24(21,22)17(12)11-16/h6,8-11H,2-5,7H2,1H3. The monoisotopic (exact) mass is 342 g/mol. The summed E-state index contributed by atoms with van der Waals surface area (Å²) in [7, 11) is -2.34. The van der Waals surface area contributed by atoms with Gasteiger partial charge < -0.3 is 4.74 Å². The van der Waals surface area contributed by atoms with E-state index < -0.39 is 15.8 Å². The molecule has 4 nitrogen and oxygen atoms in total. The molecule has 4 rings (SSSR count). The van der Waals surface area contributed by atoms with Crippen molar-refractivity contribution in [2.75, 3.05) is 7.11 Å². The first-order chi connectivity index (χ1) is 11.5. The van der Waals surface area contributed by atoms with Crippen molar-refractivity contribution in [2.45, 2.75) is 41.9 Å². The quantitative estimate of drug-likeness (QED) is 0.748. The number of esters is 1. The number of carbonyl (C=O) groups excluding carboxylic acids is 1.